The minimum atomic E-state index is -3.43. The number of halogens is 1. The van der Waals surface area contributed by atoms with Gasteiger partial charge in [0.15, 0.2) is 5.60 Å². The number of unbranched alkanes of at least 4 members (excludes halogenated alkanes) is 1. The number of carbonyl (C=O) groups is 3. The van der Waals surface area contributed by atoms with Gasteiger partial charge in [0.25, 0.3) is 11.8 Å². The number of hydrogen-bond donors (Lipinski definition) is 1. The van der Waals surface area contributed by atoms with E-state index in [-0.39, 0.29) is 30.8 Å². The monoisotopic (exact) mass is 699 g/mol. The molecule has 11 nitrogen and oxygen atoms in total. The topological polar surface area (TPSA) is 127 Å². The Morgan fingerprint density at radius 3 is 2.60 bits per heavy atom. The Hall–Kier alpha value is -4.46. The molecule has 4 atom stereocenters. The van der Waals surface area contributed by atoms with Crippen LogP contribution in [0.15, 0.2) is 60.8 Å². The summed E-state index contributed by atoms with van der Waals surface area (Å²) >= 11 is 0. The molecule has 3 aliphatic heterocycles. The number of methoxy groups -OCH3 is 1. The number of rotatable bonds is 12. The highest BCUT2D eigenvalue weighted by molar-refractivity contribution is 6.72. The second-order valence-electron chi connectivity index (χ2n) is 14.0. The summed E-state index contributed by atoms with van der Waals surface area (Å²) in [5, 5.41) is 19.4. The Morgan fingerprint density at radius 2 is 1.86 bits per heavy atom. The van der Waals surface area contributed by atoms with Crippen LogP contribution in [0.2, 0.25) is 18.6 Å². The lowest BCUT2D eigenvalue weighted by Gasteiger charge is -2.31. The number of anilines is 3. The van der Waals surface area contributed by atoms with Gasteiger partial charge in [0, 0.05) is 66.8 Å². The maximum absolute atomic E-state index is 16.4. The smallest absolute Gasteiger partial charge is 0.305 e. The van der Waals surface area contributed by atoms with Crippen molar-refractivity contribution < 1.29 is 33.1 Å². The molecule has 3 aromatic carbocycles. The van der Waals surface area contributed by atoms with Crippen LogP contribution in [0, 0.1) is 5.92 Å². The molecular weight excluding hydrogens is 658 g/mol. The zero-order valence-electron chi connectivity index (χ0n) is 28.8. The highest BCUT2D eigenvalue weighted by Crippen LogP contribution is 2.61. The average Bonchev–Trinajstić information content (AvgIpc) is 3.81. The Labute approximate surface area is 291 Å². The van der Waals surface area contributed by atoms with Crippen LogP contribution in [0.5, 0.6) is 0 Å². The van der Waals surface area contributed by atoms with Gasteiger partial charge in [0.1, 0.15) is 0 Å². The molecule has 0 radical (unpaired) electrons. The highest BCUT2D eigenvalue weighted by atomic mass is 28.4. The van der Waals surface area contributed by atoms with E-state index in [0.29, 0.717) is 67.0 Å². The van der Waals surface area contributed by atoms with Crippen LogP contribution < -0.4 is 9.80 Å². The molecule has 13 heteroatoms. The minimum Gasteiger partial charge on any atom is -0.469 e. The quantitative estimate of drug-likeness (QED) is 0.0850. The number of carbonyl (C=O) groups excluding carboxylic acids is 3. The van der Waals surface area contributed by atoms with Crippen molar-refractivity contribution in [1.29, 1.82) is 0 Å². The van der Waals surface area contributed by atoms with Gasteiger partial charge in [0.2, 0.25) is 8.41 Å². The summed E-state index contributed by atoms with van der Waals surface area (Å²) in [6.45, 7) is 5.95. The van der Waals surface area contributed by atoms with Gasteiger partial charge in [-0.15, -0.1) is 5.10 Å². The van der Waals surface area contributed by atoms with E-state index in [1.807, 2.05) is 61.5 Å². The van der Waals surface area contributed by atoms with Gasteiger partial charge in [0.05, 0.1) is 35.8 Å². The Morgan fingerprint density at radius 1 is 1.08 bits per heavy atom. The molecule has 3 aliphatic rings. The van der Waals surface area contributed by atoms with Crippen molar-refractivity contribution >= 4 is 54.0 Å². The van der Waals surface area contributed by atoms with E-state index in [9.17, 15) is 19.5 Å². The normalized spacial score (nSPS) is 22.7. The number of ether oxygens (including phenoxy) is 2. The zero-order valence-corrected chi connectivity index (χ0v) is 29.8. The molecule has 2 amide bonds. The molecule has 4 heterocycles. The summed E-state index contributed by atoms with van der Waals surface area (Å²) in [5.74, 6) is -1.24. The highest BCUT2D eigenvalue weighted by Gasteiger charge is 2.66. The van der Waals surface area contributed by atoms with Crippen molar-refractivity contribution in [1.82, 2.24) is 15.0 Å². The van der Waals surface area contributed by atoms with Gasteiger partial charge in [-0.05, 0) is 68.1 Å². The lowest BCUT2D eigenvalue weighted by atomic mass is 9.82. The number of aliphatic hydroxyl groups is 1. The molecule has 1 fully saturated rings. The number of hydrogen-bond acceptors (Lipinski definition) is 8. The summed E-state index contributed by atoms with van der Waals surface area (Å²) in [7, 11) is -2.07. The van der Waals surface area contributed by atoms with Gasteiger partial charge >= 0.3 is 5.97 Å². The van der Waals surface area contributed by atoms with Crippen molar-refractivity contribution in [2.75, 3.05) is 30.1 Å². The molecule has 1 saturated heterocycles. The van der Waals surface area contributed by atoms with Gasteiger partial charge in [-0.1, -0.05) is 36.4 Å². The van der Waals surface area contributed by atoms with Crippen LogP contribution in [0.1, 0.15) is 54.2 Å². The van der Waals surface area contributed by atoms with E-state index in [1.165, 1.54) is 7.11 Å². The van der Waals surface area contributed by atoms with Crippen molar-refractivity contribution in [3.05, 3.63) is 77.6 Å². The first-order valence-electron chi connectivity index (χ1n) is 17.3. The summed E-state index contributed by atoms with van der Waals surface area (Å²) < 4.78 is 29.9. The van der Waals surface area contributed by atoms with Crippen LogP contribution >= 0.6 is 0 Å². The van der Waals surface area contributed by atoms with Gasteiger partial charge in [-0.3, -0.25) is 24.0 Å². The standard InChI is InChI=1S/C37H42FN5O6Si/c1-23-34(50(3,4)38)31(16-19-41-22-25(17-20-44)39-40-41)49-37(23)28-21-26(14-15-29(28)42(36(37)47)18-6-5-13-32(45)48-2)43-30-12-8-10-24-9-7-11-27(33(24)30)35(43)46/h7-12,14-15,21-23,31,34,44H,5-6,13,16-20H2,1-4H3/t23-,31+,34-,37+/m1/s1. The number of amides is 2. The number of aliphatic hydroxyl groups excluding tert-OH is 1. The Kier molecular flexibility index (Phi) is 8.85. The second-order valence-corrected chi connectivity index (χ2v) is 17.8. The van der Waals surface area contributed by atoms with E-state index < -0.39 is 31.6 Å². The number of benzene rings is 3. The first kappa shape index (κ1) is 34.0. The molecule has 1 aromatic heterocycles. The third kappa shape index (κ3) is 5.51. The minimum absolute atomic E-state index is 0.0405. The fourth-order valence-corrected chi connectivity index (χ4v) is 11.0. The second kappa shape index (κ2) is 13.0. The number of aryl methyl sites for hydroxylation is 1. The molecule has 0 aliphatic carbocycles. The molecular formula is C37H42FN5O6Si. The maximum Gasteiger partial charge on any atom is 0.305 e. The zero-order chi connectivity index (χ0) is 35.4. The largest absolute Gasteiger partial charge is 0.469 e. The van der Waals surface area contributed by atoms with Gasteiger partial charge in [-0.2, -0.15) is 0 Å². The van der Waals surface area contributed by atoms with Crippen molar-refractivity contribution in [2.45, 2.75) is 75.9 Å². The maximum atomic E-state index is 16.4. The molecule has 1 spiro atoms. The van der Waals surface area contributed by atoms with Gasteiger partial charge < -0.3 is 23.6 Å². The fraction of sp³-hybridized carbons (Fsp3) is 0.432. The predicted molar refractivity (Wildman–Crippen MR) is 189 cm³/mol. The third-order valence-electron chi connectivity index (χ3n) is 10.6. The van der Waals surface area contributed by atoms with Crippen molar-refractivity contribution in [2.24, 2.45) is 5.92 Å². The number of esters is 1. The summed E-state index contributed by atoms with van der Waals surface area (Å²) in [5.41, 5.74) is 1.92. The summed E-state index contributed by atoms with van der Waals surface area (Å²) in [6, 6.07) is 17.1. The summed E-state index contributed by atoms with van der Waals surface area (Å²) in [4.78, 5) is 44.0. The van der Waals surface area contributed by atoms with Crippen LogP contribution in [0.3, 0.4) is 0 Å². The molecule has 262 valence electrons. The van der Waals surface area contributed by atoms with E-state index in [4.69, 9.17) is 9.47 Å². The van der Waals surface area contributed by atoms with Crippen molar-refractivity contribution in [3.63, 3.8) is 0 Å². The van der Waals surface area contributed by atoms with E-state index >= 15 is 4.11 Å². The van der Waals surface area contributed by atoms with Crippen molar-refractivity contribution in [3.8, 4) is 0 Å². The molecule has 0 unspecified atom stereocenters. The number of fused-ring (bicyclic) bond motifs is 2. The van der Waals surface area contributed by atoms with Crippen LogP contribution in [-0.2, 0) is 37.6 Å². The Bertz CT molecular complexity index is 1970. The predicted octanol–water partition coefficient (Wildman–Crippen LogP) is 5.81. The van der Waals surface area contributed by atoms with Crippen LogP contribution in [0.4, 0.5) is 21.2 Å². The lowest BCUT2D eigenvalue weighted by molar-refractivity contribution is -0.146. The average molecular weight is 700 g/mol. The van der Waals surface area contributed by atoms with E-state index in [0.717, 1.165) is 16.5 Å². The van der Waals surface area contributed by atoms with E-state index in [2.05, 4.69) is 10.3 Å². The Balaban J connectivity index is 1.28. The molecule has 1 N–H and O–H groups in total. The molecule has 7 rings (SSSR count). The van der Waals surface area contributed by atoms with E-state index in [1.54, 1.807) is 33.8 Å². The SMILES string of the molecule is COC(=O)CCCCN1C(=O)[C@@]2(O[C@@H](CCn3cc(CCO)nn3)[C@H]([Si](C)(C)F)[C@H]2C)c2cc(N3C(=O)c4cccc5cccc3c45)ccc21. The molecule has 50 heavy (non-hydrogen) atoms. The molecule has 4 aromatic rings. The first-order valence-corrected chi connectivity index (χ1v) is 20.2. The van der Waals surface area contributed by atoms with Crippen LogP contribution in [0.25, 0.3) is 10.8 Å². The number of nitrogens with zero attached hydrogens (tertiary/aromatic N) is 5. The summed E-state index contributed by atoms with van der Waals surface area (Å²) in [6.07, 6.45) is 3.28. The third-order valence-corrected chi connectivity index (χ3v) is 13.1. The lowest BCUT2D eigenvalue weighted by Crippen LogP contribution is -2.45. The van der Waals surface area contributed by atoms with Gasteiger partial charge in [-0.25, -0.2) is 0 Å². The first-order chi connectivity index (χ1) is 24.0. The van der Waals surface area contributed by atoms with Crippen LogP contribution in [-0.4, -0.2) is 72.7 Å². The molecule has 0 saturated carbocycles. The molecule has 0 bridgehead atoms. The number of aromatic nitrogens is 3. The fourth-order valence-electron chi connectivity index (χ4n) is 8.42.